The second-order valence-corrected chi connectivity index (χ2v) is 9.07. The van der Waals surface area contributed by atoms with Gasteiger partial charge in [0, 0.05) is 32.3 Å². The maximum Gasteiger partial charge on any atom is 0.250 e. The number of aryl methyl sites for hydroxylation is 1. The molecule has 1 aromatic heterocycles. The van der Waals surface area contributed by atoms with Gasteiger partial charge in [-0.3, -0.25) is 14.4 Å². The van der Waals surface area contributed by atoms with Gasteiger partial charge in [-0.2, -0.15) is 0 Å². The Kier molecular flexibility index (Phi) is 8.78. The number of hydrogen-bond donors (Lipinski definition) is 3. The molecule has 3 rings (SSSR count). The Balaban J connectivity index is 1.55. The Hall–Kier alpha value is -3.24. The molecule has 1 saturated heterocycles. The van der Waals surface area contributed by atoms with E-state index in [0.717, 1.165) is 31.5 Å². The fourth-order valence-electron chi connectivity index (χ4n) is 3.51. The van der Waals surface area contributed by atoms with E-state index >= 15 is 0 Å². The Morgan fingerprint density at radius 1 is 1.18 bits per heavy atom. The molecule has 1 aliphatic heterocycles. The predicted octanol–water partition coefficient (Wildman–Crippen LogP) is 1.27. The molecule has 1 atom stereocenters. The SMILES string of the molecule is CC(C)(N)C(=O)NC(COCc1ccccc1)C(=O)Nc1cn(CCC(=O)N2CCCC2)cn1. The number of benzene rings is 1. The predicted molar refractivity (Wildman–Crippen MR) is 128 cm³/mol. The van der Waals surface area contributed by atoms with E-state index in [4.69, 9.17) is 10.5 Å². The van der Waals surface area contributed by atoms with Gasteiger partial charge in [0.1, 0.15) is 6.04 Å². The average Bonchev–Trinajstić information content (AvgIpc) is 3.49. The van der Waals surface area contributed by atoms with Gasteiger partial charge in [-0.05, 0) is 32.3 Å². The topological polar surface area (TPSA) is 132 Å². The van der Waals surface area contributed by atoms with Crippen LogP contribution in [0.4, 0.5) is 5.82 Å². The number of rotatable bonds is 11. The van der Waals surface area contributed by atoms with E-state index in [1.807, 2.05) is 35.2 Å². The van der Waals surface area contributed by atoms with Crippen LogP contribution in [0, 0.1) is 0 Å². The number of carbonyl (C=O) groups excluding carboxylic acids is 3. The van der Waals surface area contributed by atoms with Crippen LogP contribution < -0.4 is 16.4 Å². The molecule has 10 heteroatoms. The van der Waals surface area contributed by atoms with Crippen molar-refractivity contribution >= 4 is 23.5 Å². The van der Waals surface area contributed by atoms with Crippen LogP contribution in [0.25, 0.3) is 0 Å². The number of aromatic nitrogens is 2. The molecule has 1 fully saturated rings. The highest BCUT2D eigenvalue weighted by atomic mass is 16.5. The quantitative estimate of drug-likeness (QED) is 0.453. The Bertz CT molecular complexity index is 963. The molecule has 1 aromatic carbocycles. The minimum atomic E-state index is -1.15. The summed E-state index contributed by atoms with van der Waals surface area (Å²) in [6.45, 7) is 5.51. The van der Waals surface area contributed by atoms with Crippen molar-refractivity contribution in [2.24, 2.45) is 5.73 Å². The lowest BCUT2D eigenvalue weighted by Crippen LogP contribution is -2.56. The molecule has 2 heterocycles. The third kappa shape index (κ3) is 7.67. The zero-order valence-electron chi connectivity index (χ0n) is 19.8. The van der Waals surface area contributed by atoms with Crippen molar-refractivity contribution in [1.82, 2.24) is 19.8 Å². The number of nitrogens with zero attached hydrogens (tertiary/aromatic N) is 3. The van der Waals surface area contributed by atoms with Crippen LogP contribution in [0.3, 0.4) is 0 Å². The van der Waals surface area contributed by atoms with Gasteiger partial charge in [0.15, 0.2) is 5.82 Å². The number of hydrogen-bond acceptors (Lipinski definition) is 6. The smallest absolute Gasteiger partial charge is 0.250 e. The van der Waals surface area contributed by atoms with E-state index in [9.17, 15) is 14.4 Å². The number of anilines is 1. The molecule has 0 saturated carbocycles. The molecule has 0 aliphatic carbocycles. The largest absolute Gasteiger partial charge is 0.374 e. The molecule has 1 unspecified atom stereocenters. The Morgan fingerprint density at radius 2 is 1.88 bits per heavy atom. The van der Waals surface area contributed by atoms with Crippen LogP contribution in [0.1, 0.15) is 38.7 Å². The van der Waals surface area contributed by atoms with Gasteiger partial charge in [-0.25, -0.2) is 4.98 Å². The molecule has 3 amide bonds. The van der Waals surface area contributed by atoms with Crippen molar-refractivity contribution in [2.45, 2.75) is 57.8 Å². The molecule has 4 N–H and O–H groups in total. The third-order valence-electron chi connectivity index (χ3n) is 5.53. The zero-order chi connectivity index (χ0) is 24.6. The van der Waals surface area contributed by atoms with Crippen LogP contribution in [-0.4, -0.2) is 63.4 Å². The van der Waals surface area contributed by atoms with Gasteiger partial charge in [0.2, 0.25) is 11.8 Å². The van der Waals surface area contributed by atoms with E-state index in [0.29, 0.717) is 25.4 Å². The van der Waals surface area contributed by atoms with Gasteiger partial charge in [0.25, 0.3) is 5.91 Å². The number of nitrogens with two attached hydrogens (primary N) is 1. The molecule has 10 nitrogen and oxygen atoms in total. The number of nitrogens with one attached hydrogen (secondary N) is 2. The normalized spacial score (nSPS) is 14.6. The lowest BCUT2D eigenvalue weighted by molar-refractivity contribution is -0.130. The fraction of sp³-hybridized carbons (Fsp3) is 0.500. The summed E-state index contributed by atoms with van der Waals surface area (Å²) in [5.41, 5.74) is 5.68. The number of likely N-dealkylation sites (tertiary alicyclic amines) is 1. The minimum Gasteiger partial charge on any atom is -0.374 e. The first-order chi connectivity index (χ1) is 16.2. The maximum absolute atomic E-state index is 12.9. The molecule has 0 bridgehead atoms. The summed E-state index contributed by atoms with van der Waals surface area (Å²) in [7, 11) is 0. The van der Waals surface area contributed by atoms with E-state index in [1.165, 1.54) is 0 Å². The van der Waals surface area contributed by atoms with Crippen LogP contribution >= 0.6 is 0 Å². The second kappa shape index (κ2) is 11.8. The number of ether oxygens (including phenoxy) is 1. The van der Waals surface area contributed by atoms with E-state index in [2.05, 4.69) is 15.6 Å². The summed E-state index contributed by atoms with van der Waals surface area (Å²) in [4.78, 5) is 43.6. The zero-order valence-corrected chi connectivity index (χ0v) is 19.8. The summed E-state index contributed by atoms with van der Waals surface area (Å²) >= 11 is 0. The van der Waals surface area contributed by atoms with Crippen LogP contribution in [0.5, 0.6) is 0 Å². The fourth-order valence-corrected chi connectivity index (χ4v) is 3.51. The first-order valence-electron chi connectivity index (χ1n) is 11.5. The number of carbonyl (C=O) groups is 3. The van der Waals surface area contributed by atoms with Gasteiger partial charge >= 0.3 is 0 Å². The molecular weight excluding hydrogens is 436 g/mol. The second-order valence-electron chi connectivity index (χ2n) is 9.07. The van der Waals surface area contributed by atoms with E-state index in [-0.39, 0.29) is 12.5 Å². The van der Waals surface area contributed by atoms with Gasteiger partial charge in [0.05, 0.1) is 25.1 Å². The van der Waals surface area contributed by atoms with E-state index in [1.54, 1.807) is 30.9 Å². The molecule has 0 spiro atoms. The van der Waals surface area contributed by atoms with E-state index < -0.39 is 23.4 Å². The summed E-state index contributed by atoms with van der Waals surface area (Å²) < 4.78 is 7.44. The average molecular weight is 471 g/mol. The highest BCUT2D eigenvalue weighted by Crippen LogP contribution is 2.11. The summed E-state index contributed by atoms with van der Waals surface area (Å²) in [5, 5.41) is 5.36. The highest BCUT2D eigenvalue weighted by Gasteiger charge is 2.28. The molecule has 34 heavy (non-hydrogen) atoms. The maximum atomic E-state index is 12.9. The lowest BCUT2D eigenvalue weighted by Gasteiger charge is -2.23. The number of amides is 3. The van der Waals surface area contributed by atoms with Gasteiger partial charge in [-0.1, -0.05) is 30.3 Å². The number of imidazole rings is 1. The molecule has 1 aliphatic rings. The molecule has 184 valence electrons. The molecular formula is C24H34N6O4. The Labute approximate surface area is 199 Å². The monoisotopic (exact) mass is 470 g/mol. The van der Waals surface area contributed by atoms with Crippen LogP contribution in [0.2, 0.25) is 0 Å². The van der Waals surface area contributed by atoms with Crippen molar-refractivity contribution in [2.75, 3.05) is 25.0 Å². The highest BCUT2D eigenvalue weighted by molar-refractivity contribution is 5.98. The van der Waals surface area contributed by atoms with Crippen LogP contribution in [0.15, 0.2) is 42.9 Å². The molecule has 0 radical (unpaired) electrons. The van der Waals surface area contributed by atoms with Crippen molar-refractivity contribution < 1.29 is 19.1 Å². The standard InChI is InChI=1S/C24H34N6O4/c1-24(2,25)23(33)27-19(16-34-15-18-8-4-3-5-9-18)22(32)28-20-14-29(17-26-20)13-10-21(31)30-11-6-7-12-30/h3-5,8-9,14,17,19H,6-7,10-13,15-16,25H2,1-2H3,(H,27,33)(H,28,32). The molecule has 2 aromatic rings. The van der Waals surface area contributed by atoms with Gasteiger partial charge < -0.3 is 30.6 Å². The van der Waals surface area contributed by atoms with Crippen molar-refractivity contribution in [1.29, 1.82) is 0 Å². The van der Waals surface area contributed by atoms with Crippen LogP contribution in [-0.2, 0) is 32.3 Å². The summed E-state index contributed by atoms with van der Waals surface area (Å²) in [6, 6.07) is 8.58. The Morgan fingerprint density at radius 3 is 2.56 bits per heavy atom. The minimum absolute atomic E-state index is 0.0341. The van der Waals surface area contributed by atoms with Crippen molar-refractivity contribution in [3.8, 4) is 0 Å². The first-order valence-corrected chi connectivity index (χ1v) is 11.5. The van der Waals surface area contributed by atoms with Crippen molar-refractivity contribution in [3.63, 3.8) is 0 Å². The van der Waals surface area contributed by atoms with Crippen molar-refractivity contribution in [3.05, 3.63) is 48.4 Å². The third-order valence-corrected chi connectivity index (χ3v) is 5.53. The lowest BCUT2D eigenvalue weighted by atomic mass is 10.1. The first kappa shape index (κ1) is 25.4. The van der Waals surface area contributed by atoms with Gasteiger partial charge in [-0.15, -0.1) is 0 Å². The summed E-state index contributed by atoms with van der Waals surface area (Å²) in [6.07, 6.45) is 5.71. The summed E-state index contributed by atoms with van der Waals surface area (Å²) in [5.74, 6) is -0.488.